The number of carbonyl (C=O) groups is 1. The van der Waals surface area contributed by atoms with Gasteiger partial charge in [0.15, 0.2) is 0 Å². The van der Waals surface area contributed by atoms with Crippen molar-refractivity contribution < 1.29 is 4.79 Å². The fourth-order valence-corrected chi connectivity index (χ4v) is 2.37. The highest BCUT2D eigenvalue weighted by atomic mass is 35.5. The molecule has 0 saturated carbocycles. The van der Waals surface area contributed by atoms with Crippen molar-refractivity contribution >= 4 is 34.8 Å². The standard InChI is InChI=1S/C19H14ClN5O/c1-12-6-7-15(8-16(12)20)24-18(26)14-10-22-19(23-11-14)25-17-5-3-2-4-13(17)9-21/h2-8,10-11H,1H3,(H,24,26)(H,22,23,25). The second-order valence-corrected chi connectivity index (χ2v) is 5.90. The number of anilines is 3. The van der Waals surface area contributed by atoms with Crippen LogP contribution in [0.4, 0.5) is 17.3 Å². The van der Waals surface area contributed by atoms with E-state index in [9.17, 15) is 4.79 Å². The first kappa shape index (κ1) is 17.4. The molecule has 0 spiro atoms. The Labute approximate surface area is 155 Å². The van der Waals surface area contributed by atoms with Crippen molar-refractivity contribution in [1.82, 2.24) is 9.97 Å². The summed E-state index contributed by atoms with van der Waals surface area (Å²) in [5, 5.41) is 15.4. The summed E-state index contributed by atoms with van der Waals surface area (Å²) in [7, 11) is 0. The van der Waals surface area contributed by atoms with E-state index < -0.39 is 0 Å². The highest BCUT2D eigenvalue weighted by molar-refractivity contribution is 6.31. The van der Waals surface area contributed by atoms with Gasteiger partial charge in [-0.3, -0.25) is 4.79 Å². The van der Waals surface area contributed by atoms with Crippen LogP contribution >= 0.6 is 11.6 Å². The predicted molar refractivity (Wildman–Crippen MR) is 101 cm³/mol. The Morgan fingerprint density at radius 2 is 1.88 bits per heavy atom. The monoisotopic (exact) mass is 363 g/mol. The summed E-state index contributed by atoms with van der Waals surface area (Å²) >= 11 is 6.06. The van der Waals surface area contributed by atoms with E-state index in [0.29, 0.717) is 33.5 Å². The van der Waals surface area contributed by atoms with Crippen LogP contribution in [0, 0.1) is 18.3 Å². The SMILES string of the molecule is Cc1ccc(NC(=O)c2cnc(Nc3ccccc3C#N)nc2)cc1Cl. The number of hydrogen-bond donors (Lipinski definition) is 2. The second-order valence-electron chi connectivity index (χ2n) is 5.50. The van der Waals surface area contributed by atoms with Crippen LogP contribution in [0.1, 0.15) is 21.5 Å². The van der Waals surface area contributed by atoms with Crippen LogP contribution in [0.25, 0.3) is 0 Å². The lowest BCUT2D eigenvalue weighted by molar-refractivity contribution is 0.102. The van der Waals surface area contributed by atoms with Crippen LogP contribution < -0.4 is 10.6 Å². The molecule has 1 amide bonds. The summed E-state index contributed by atoms with van der Waals surface area (Å²) < 4.78 is 0. The van der Waals surface area contributed by atoms with Crippen molar-refractivity contribution in [2.75, 3.05) is 10.6 Å². The Bertz CT molecular complexity index is 996. The van der Waals surface area contributed by atoms with E-state index >= 15 is 0 Å². The van der Waals surface area contributed by atoms with E-state index in [1.807, 2.05) is 13.0 Å². The molecule has 26 heavy (non-hydrogen) atoms. The number of benzene rings is 2. The highest BCUT2D eigenvalue weighted by Gasteiger charge is 2.09. The Morgan fingerprint density at radius 3 is 2.58 bits per heavy atom. The minimum absolute atomic E-state index is 0.294. The van der Waals surface area contributed by atoms with Gasteiger partial charge in [-0.1, -0.05) is 29.8 Å². The molecule has 0 aliphatic rings. The van der Waals surface area contributed by atoms with Crippen molar-refractivity contribution in [3.8, 4) is 6.07 Å². The molecule has 7 heteroatoms. The minimum atomic E-state index is -0.339. The highest BCUT2D eigenvalue weighted by Crippen LogP contribution is 2.21. The summed E-state index contributed by atoms with van der Waals surface area (Å²) in [6.07, 6.45) is 2.82. The van der Waals surface area contributed by atoms with Crippen LogP contribution in [-0.4, -0.2) is 15.9 Å². The number of nitriles is 1. The average molecular weight is 364 g/mol. The number of carbonyl (C=O) groups excluding carboxylic acids is 1. The van der Waals surface area contributed by atoms with E-state index in [1.165, 1.54) is 12.4 Å². The molecule has 0 bridgehead atoms. The topological polar surface area (TPSA) is 90.7 Å². The fraction of sp³-hybridized carbons (Fsp3) is 0.0526. The molecule has 2 N–H and O–H groups in total. The van der Waals surface area contributed by atoms with Gasteiger partial charge in [0.1, 0.15) is 6.07 Å². The summed E-state index contributed by atoms with van der Waals surface area (Å²) in [6, 6.07) is 14.4. The maximum Gasteiger partial charge on any atom is 0.258 e. The third-order valence-corrected chi connectivity index (χ3v) is 4.04. The van der Waals surface area contributed by atoms with Gasteiger partial charge in [-0.05, 0) is 36.8 Å². The number of nitrogens with zero attached hydrogens (tertiary/aromatic N) is 3. The predicted octanol–water partition coefficient (Wildman–Crippen LogP) is 4.31. The summed E-state index contributed by atoms with van der Waals surface area (Å²) in [5.41, 5.74) is 2.91. The maximum atomic E-state index is 12.3. The van der Waals surface area contributed by atoms with Crippen LogP contribution in [-0.2, 0) is 0 Å². The molecule has 0 fully saturated rings. The van der Waals surface area contributed by atoms with Crippen molar-refractivity contribution in [3.63, 3.8) is 0 Å². The first-order chi connectivity index (χ1) is 12.6. The smallest absolute Gasteiger partial charge is 0.258 e. The Balaban J connectivity index is 1.71. The van der Waals surface area contributed by atoms with E-state index in [4.69, 9.17) is 16.9 Å². The lowest BCUT2D eigenvalue weighted by atomic mass is 10.2. The van der Waals surface area contributed by atoms with Crippen molar-refractivity contribution in [3.05, 3.63) is 76.6 Å². The van der Waals surface area contributed by atoms with E-state index in [0.717, 1.165) is 5.56 Å². The Hall–Kier alpha value is -3.43. The molecular formula is C19H14ClN5O. The van der Waals surface area contributed by atoms with Gasteiger partial charge in [-0.25, -0.2) is 9.97 Å². The van der Waals surface area contributed by atoms with Gasteiger partial charge >= 0.3 is 0 Å². The van der Waals surface area contributed by atoms with Crippen molar-refractivity contribution in [2.45, 2.75) is 6.92 Å². The minimum Gasteiger partial charge on any atom is -0.323 e. The zero-order chi connectivity index (χ0) is 18.5. The largest absolute Gasteiger partial charge is 0.323 e. The molecule has 3 rings (SSSR count). The molecule has 0 atom stereocenters. The molecule has 6 nitrogen and oxygen atoms in total. The number of aryl methyl sites for hydroxylation is 1. The van der Waals surface area contributed by atoms with E-state index in [2.05, 4.69) is 26.7 Å². The van der Waals surface area contributed by atoms with Crippen molar-refractivity contribution in [1.29, 1.82) is 5.26 Å². The molecule has 0 saturated heterocycles. The van der Waals surface area contributed by atoms with Gasteiger partial charge in [0.05, 0.1) is 16.8 Å². The van der Waals surface area contributed by atoms with E-state index in [1.54, 1.807) is 36.4 Å². The van der Waals surface area contributed by atoms with Crippen LogP contribution in [0.15, 0.2) is 54.9 Å². The first-order valence-electron chi connectivity index (χ1n) is 7.72. The Kier molecular flexibility index (Phi) is 5.11. The van der Waals surface area contributed by atoms with Gasteiger partial charge in [-0.15, -0.1) is 0 Å². The van der Waals surface area contributed by atoms with Gasteiger partial charge in [0.25, 0.3) is 5.91 Å². The molecular weight excluding hydrogens is 350 g/mol. The summed E-state index contributed by atoms with van der Waals surface area (Å²) in [5.74, 6) is -0.0449. The number of hydrogen-bond acceptors (Lipinski definition) is 5. The van der Waals surface area contributed by atoms with Gasteiger partial charge in [-0.2, -0.15) is 5.26 Å². The maximum absolute atomic E-state index is 12.3. The molecule has 1 heterocycles. The van der Waals surface area contributed by atoms with Crippen LogP contribution in [0.5, 0.6) is 0 Å². The third kappa shape index (κ3) is 3.97. The second kappa shape index (κ2) is 7.64. The Morgan fingerprint density at radius 1 is 1.15 bits per heavy atom. The first-order valence-corrected chi connectivity index (χ1v) is 8.10. The molecule has 0 aliphatic heterocycles. The number of halogens is 1. The van der Waals surface area contributed by atoms with Gasteiger partial charge in [0.2, 0.25) is 5.95 Å². The number of amides is 1. The normalized spacial score (nSPS) is 10.0. The fourth-order valence-electron chi connectivity index (χ4n) is 2.19. The quantitative estimate of drug-likeness (QED) is 0.720. The summed E-state index contributed by atoms with van der Waals surface area (Å²) in [4.78, 5) is 20.5. The number of para-hydroxylation sites is 1. The van der Waals surface area contributed by atoms with Gasteiger partial charge in [0, 0.05) is 23.1 Å². The number of rotatable bonds is 4. The number of aromatic nitrogens is 2. The molecule has 0 unspecified atom stereocenters. The number of nitrogens with one attached hydrogen (secondary N) is 2. The lowest BCUT2D eigenvalue weighted by Gasteiger charge is -2.08. The summed E-state index contributed by atoms with van der Waals surface area (Å²) in [6.45, 7) is 1.89. The molecule has 1 aromatic heterocycles. The lowest BCUT2D eigenvalue weighted by Crippen LogP contribution is -2.13. The van der Waals surface area contributed by atoms with Crippen LogP contribution in [0.3, 0.4) is 0 Å². The van der Waals surface area contributed by atoms with Gasteiger partial charge < -0.3 is 10.6 Å². The molecule has 3 aromatic rings. The zero-order valence-electron chi connectivity index (χ0n) is 13.8. The van der Waals surface area contributed by atoms with Crippen molar-refractivity contribution in [2.24, 2.45) is 0 Å². The molecule has 0 radical (unpaired) electrons. The third-order valence-electron chi connectivity index (χ3n) is 3.64. The van der Waals surface area contributed by atoms with Crippen LogP contribution in [0.2, 0.25) is 5.02 Å². The molecule has 2 aromatic carbocycles. The van der Waals surface area contributed by atoms with E-state index in [-0.39, 0.29) is 5.91 Å². The average Bonchev–Trinajstić information content (AvgIpc) is 2.66. The zero-order valence-corrected chi connectivity index (χ0v) is 14.6. The molecule has 0 aliphatic carbocycles. The molecule has 128 valence electrons.